The van der Waals surface area contributed by atoms with Crippen LogP contribution in [0.15, 0.2) is 29.2 Å². The van der Waals surface area contributed by atoms with Crippen molar-refractivity contribution in [3.63, 3.8) is 0 Å². The summed E-state index contributed by atoms with van der Waals surface area (Å²) in [4.78, 5) is 16.5. The Morgan fingerprint density at radius 1 is 1.37 bits per heavy atom. The third-order valence-corrected chi connectivity index (χ3v) is 4.09. The van der Waals surface area contributed by atoms with Gasteiger partial charge in [0.05, 0.1) is 12.0 Å². The molecule has 0 saturated carbocycles. The summed E-state index contributed by atoms with van der Waals surface area (Å²) >= 11 is 0. The van der Waals surface area contributed by atoms with Gasteiger partial charge in [0.2, 0.25) is 0 Å². The van der Waals surface area contributed by atoms with Crippen LogP contribution < -0.4 is 5.32 Å². The average Bonchev–Trinajstić information content (AvgIpc) is 2.37. The van der Waals surface area contributed by atoms with Crippen molar-refractivity contribution >= 4 is 15.9 Å². The highest BCUT2D eigenvalue weighted by atomic mass is 32.2. The molecule has 6 nitrogen and oxygen atoms in total. The zero-order valence-electron chi connectivity index (χ0n) is 11.4. The van der Waals surface area contributed by atoms with E-state index in [2.05, 4.69) is 10.2 Å². The van der Waals surface area contributed by atoms with Crippen LogP contribution in [0, 0.1) is 0 Å². The van der Waals surface area contributed by atoms with Gasteiger partial charge >= 0.3 is 0 Å². The number of rotatable bonds is 5. The maximum Gasteiger partial charge on any atom is 0.264 e. The summed E-state index contributed by atoms with van der Waals surface area (Å²) in [6, 6.07) is 5.80. The van der Waals surface area contributed by atoms with Gasteiger partial charge in [0.15, 0.2) is 0 Å². The molecule has 0 heterocycles. The Morgan fingerprint density at radius 3 is 2.53 bits per heavy atom. The highest BCUT2D eigenvalue weighted by Crippen LogP contribution is 2.16. The van der Waals surface area contributed by atoms with E-state index < -0.39 is 10.0 Å². The van der Waals surface area contributed by atoms with E-state index in [9.17, 15) is 13.2 Å². The highest BCUT2D eigenvalue weighted by molar-refractivity contribution is 7.89. The van der Waals surface area contributed by atoms with Gasteiger partial charge in [0.1, 0.15) is 0 Å². The third kappa shape index (κ3) is 3.76. The second-order valence-corrected chi connectivity index (χ2v) is 6.19. The maximum absolute atomic E-state index is 12.0. The first-order valence-corrected chi connectivity index (χ1v) is 7.17. The molecule has 0 aliphatic rings. The van der Waals surface area contributed by atoms with Gasteiger partial charge < -0.3 is 5.32 Å². The molecule has 0 aromatic heterocycles. The summed E-state index contributed by atoms with van der Waals surface area (Å²) in [6.45, 7) is 3.66. The molecule has 106 valence electrons. The predicted octanol–water partition coefficient (Wildman–Crippen LogP) is 1.01. The summed E-state index contributed by atoms with van der Waals surface area (Å²) < 4.78 is 24.8. The number of nitrogens with zero attached hydrogens (tertiary/aromatic N) is 1. The Morgan fingerprint density at radius 2 is 2.00 bits per heavy atom. The second-order valence-electron chi connectivity index (χ2n) is 4.25. The molecular weight excluding hydrogens is 268 g/mol. The van der Waals surface area contributed by atoms with E-state index in [1.54, 1.807) is 6.07 Å². The maximum atomic E-state index is 12.0. The van der Waals surface area contributed by atoms with Gasteiger partial charge in [-0.05, 0) is 32.0 Å². The zero-order valence-corrected chi connectivity index (χ0v) is 12.2. The minimum Gasteiger partial charge on any atom is -0.350 e. The lowest BCUT2D eigenvalue weighted by Gasteiger charge is -2.15. The van der Waals surface area contributed by atoms with Crippen LogP contribution in [0.1, 0.15) is 24.2 Å². The molecule has 0 aliphatic heterocycles. The molecule has 0 radical (unpaired) electrons. The Bertz CT molecular complexity index is 555. The Balaban J connectivity index is 3.11. The molecule has 1 aromatic carbocycles. The Labute approximate surface area is 113 Å². The first-order valence-electron chi connectivity index (χ1n) is 5.73. The zero-order chi connectivity index (χ0) is 14.6. The molecule has 7 heteroatoms. The summed E-state index contributed by atoms with van der Waals surface area (Å²) in [7, 11) is -1.20. The van der Waals surface area contributed by atoms with Crippen LogP contribution in [0.5, 0.6) is 0 Å². The van der Waals surface area contributed by atoms with E-state index in [0.29, 0.717) is 5.56 Å². The lowest BCUT2D eigenvalue weighted by atomic mass is 10.2. The number of carbonyl (C=O) groups excluding carboxylic acids is 1. The largest absolute Gasteiger partial charge is 0.350 e. The third-order valence-electron chi connectivity index (χ3n) is 2.41. The standard InChI is InChI=1S/C12H18N2O4S/c1-9(2)13-12(15)10-6-5-7-11(8-10)19(16,17)14(3)18-4/h5-9H,1-4H3,(H,13,15). The summed E-state index contributed by atoms with van der Waals surface area (Å²) in [5, 5.41) is 2.70. The molecule has 0 atom stereocenters. The van der Waals surface area contributed by atoms with E-state index in [1.807, 2.05) is 13.8 Å². The van der Waals surface area contributed by atoms with Crippen LogP contribution >= 0.6 is 0 Å². The SMILES string of the molecule is CON(C)S(=O)(=O)c1cccc(C(=O)NC(C)C)c1. The van der Waals surface area contributed by atoms with E-state index in [-0.39, 0.29) is 16.8 Å². The minimum atomic E-state index is -3.74. The van der Waals surface area contributed by atoms with Crippen molar-refractivity contribution in [1.82, 2.24) is 9.79 Å². The smallest absolute Gasteiger partial charge is 0.264 e. The van der Waals surface area contributed by atoms with Crippen LogP contribution in [0.25, 0.3) is 0 Å². The van der Waals surface area contributed by atoms with Crippen molar-refractivity contribution in [2.24, 2.45) is 0 Å². The number of sulfonamides is 1. The van der Waals surface area contributed by atoms with Crippen molar-refractivity contribution in [2.45, 2.75) is 24.8 Å². The van der Waals surface area contributed by atoms with Crippen LogP contribution in [0.3, 0.4) is 0 Å². The lowest BCUT2D eigenvalue weighted by molar-refractivity contribution is -0.0258. The van der Waals surface area contributed by atoms with E-state index in [0.717, 1.165) is 4.47 Å². The quantitative estimate of drug-likeness (QED) is 0.820. The lowest BCUT2D eigenvalue weighted by Crippen LogP contribution is -2.30. The molecule has 19 heavy (non-hydrogen) atoms. The van der Waals surface area contributed by atoms with Crippen LogP contribution in [0.4, 0.5) is 0 Å². The van der Waals surface area contributed by atoms with Crippen LogP contribution in [0.2, 0.25) is 0 Å². The predicted molar refractivity (Wildman–Crippen MR) is 71.0 cm³/mol. The fourth-order valence-corrected chi connectivity index (χ4v) is 2.41. The number of hydrogen-bond donors (Lipinski definition) is 1. The summed E-state index contributed by atoms with van der Waals surface area (Å²) in [5.41, 5.74) is 0.291. The topological polar surface area (TPSA) is 75.7 Å². The number of carbonyl (C=O) groups is 1. The van der Waals surface area contributed by atoms with Gasteiger partial charge in [-0.15, -0.1) is 0 Å². The summed E-state index contributed by atoms with van der Waals surface area (Å²) in [5.74, 6) is -0.313. The van der Waals surface area contributed by atoms with Crippen molar-refractivity contribution in [3.8, 4) is 0 Å². The molecular formula is C12H18N2O4S. The highest BCUT2D eigenvalue weighted by Gasteiger charge is 2.21. The van der Waals surface area contributed by atoms with E-state index >= 15 is 0 Å². The van der Waals surface area contributed by atoms with Gasteiger partial charge in [-0.1, -0.05) is 10.5 Å². The van der Waals surface area contributed by atoms with Crippen molar-refractivity contribution in [3.05, 3.63) is 29.8 Å². The molecule has 1 aromatic rings. The van der Waals surface area contributed by atoms with Gasteiger partial charge in [0.25, 0.3) is 15.9 Å². The molecule has 0 unspecified atom stereocenters. The second kappa shape index (κ2) is 6.14. The van der Waals surface area contributed by atoms with Crippen molar-refractivity contribution < 1.29 is 18.0 Å². The fourth-order valence-electron chi connectivity index (χ4n) is 1.39. The Kier molecular flexibility index (Phi) is 5.04. The molecule has 0 saturated heterocycles. The van der Waals surface area contributed by atoms with Crippen molar-refractivity contribution in [2.75, 3.05) is 14.2 Å². The Hall–Kier alpha value is -1.44. The van der Waals surface area contributed by atoms with Crippen LogP contribution in [-0.4, -0.2) is 39.0 Å². The first kappa shape index (κ1) is 15.6. The van der Waals surface area contributed by atoms with E-state index in [4.69, 9.17) is 0 Å². The van der Waals surface area contributed by atoms with Gasteiger partial charge in [0, 0.05) is 18.7 Å². The number of hydroxylamine groups is 1. The molecule has 0 fully saturated rings. The number of amides is 1. The molecule has 0 aliphatic carbocycles. The number of benzene rings is 1. The fraction of sp³-hybridized carbons (Fsp3) is 0.417. The van der Waals surface area contributed by atoms with E-state index in [1.165, 1.54) is 32.4 Å². The number of nitrogens with one attached hydrogen (secondary N) is 1. The van der Waals surface area contributed by atoms with Gasteiger partial charge in [-0.3, -0.25) is 9.63 Å². The van der Waals surface area contributed by atoms with Crippen LogP contribution in [-0.2, 0) is 14.9 Å². The van der Waals surface area contributed by atoms with Crippen molar-refractivity contribution in [1.29, 1.82) is 0 Å². The average molecular weight is 286 g/mol. The summed E-state index contributed by atoms with van der Waals surface area (Å²) in [6.07, 6.45) is 0. The molecule has 1 rings (SSSR count). The molecule has 0 spiro atoms. The monoisotopic (exact) mass is 286 g/mol. The van der Waals surface area contributed by atoms with Gasteiger partial charge in [-0.2, -0.15) is 0 Å². The van der Waals surface area contributed by atoms with Gasteiger partial charge in [-0.25, -0.2) is 8.42 Å². The molecule has 1 N–H and O–H groups in total. The molecule has 1 amide bonds. The first-order chi connectivity index (χ1) is 8.78. The number of hydrogen-bond acceptors (Lipinski definition) is 4. The normalized spacial score (nSPS) is 11.9. The molecule has 0 bridgehead atoms. The minimum absolute atomic E-state index is 0.00764.